The topological polar surface area (TPSA) is 97.5 Å². The van der Waals surface area contributed by atoms with Crippen molar-refractivity contribution in [1.29, 1.82) is 0 Å². The first-order chi connectivity index (χ1) is 9.16. The van der Waals surface area contributed by atoms with E-state index in [0.29, 0.717) is 16.9 Å². The molecule has 0 aromatic carbocycles. The molecule has 0 aliphatic heterocycles. The van der Waals surface area contributed by atoms with Crippen LogP contribution in [0.25, 0.3) is 22.3 Å². The standard InChI is InChI=1S/C13H11N5O/c1-7-10(12(14)19)2-3-15-11(7)8-4-9-6-17-18-13(9)16-5-8/h2-6H,1H3,(H2,14,19)(H,16,17,18). The van der Waals surface area contributed by atoms with Crippen molar-refractivity contribution in [2.45, 2.75) is 6.92 Å². The fourth-order valence-electron chi connectivity index (χ4n) is 2.06. The Morgan fingerprint density at radius 1 is 1.32 bits per heavy atom. The molecule has 94 valence electrons. The highest BCUT2D eigenvalue weighted by molar-refractivity contribution is 5.96. The van der Waals surface area contributed by atoms with E-state index in [4.69, 9.17) is 5.73 Å². The molecule has 0 unspecified atom stereocenters. The van der Waals surface area contributed by atoms with Gasteiger partial charge in [-0.15, -0.1) is 0 Å². The van der Waals surface area contributed by atoms with E-state index in [2.05, 4.69) is 20.2 Å². The molecule has 0 aliphatic rings. The minimum Gasteiger partial charge on any atom is -0.366 e. The molecule has 3 aromatic heterocycles. The van der Waals surface area contributed by atoms with Crippen LogP contribution in [0.15, 0.2) is 30.7 Å². The molecule has 0 fully saturated rings. The van der Waals surface area contributed by atoms with Gasteiger partial charge in [0.1, 0.15) is 0 Å². The lowest BCUT2D eigenvalue weighted by Crippen LogP contribution is -2.13. The van der Waals surface area contributed by atoms with E-state index >= 15 is 0 Å². The second-order valence-electron chi connectivity index (χ2n) is 4.23. The molecule has 3 aromatic rings. The Labute approximate surface area is 108 Å². The molecule has 0 radical (unpaired) electrons. The monoisotopic (exact) mass is 253 g/mol. The number of nitrogens with two attached hydrogens (primary N) is 1. The lowest BCUT2D eigenvalue weighted by atomic mass is 10.0. The van der Waals surface area contributed by atoms with Crippen LogP contribution in [0.2, 0.25) is 0 Å². The van der Waals surface area contributed by atoms with E-state index < -0.39 is 5.91 Å². The van der Waals surface area contributed by atoms with Gasteiger partial charge in [-0.05, 0) is 24.6 Å². The van der Waals surface area contributed by atoms with Crippen LogP contribution in [0.1, 0.15) is 15.9 Å². The van der Waals surface area contributed by atoms with E-state index in [1.54, 1.807) is 24.7 Å². The highest BCUT2D eigenvalue weighted by Gasteiger charge is 2.12. The molecule has 0 atom stereocenters. The van der Waals surface area contributed by atoms with E-state index in [9.17, 15) is 4.79 Å². The lowest BCUT2D eigenvalue weighted by Gasteiger charge is -2.07. The van der Waals surface area contributed by atoms with Crippen LogP contribution >= 0.6 is 0 Å². The molecule has 0 saturated heterocycles. The first-order valence-corrected chi connectivity index (χ1v) is 5.71. The number of nitrogens with one attached hydrogen (secondary N) is 1. The Morgan fingerprint density at radius 3 is 2.95 bits per heavy atom. The number of hydrogen-bond donors (Lipinski definition) is 2. The van der Waals surface area contributed by atoms with E-state index in [-0.39, 0.29) is 0 Å². The average Bonchev–Trinajstić information content (AvgIpc) is 2.85. The molecular formula is C13H11N5O. The van der Waals surface area contributed by atoms with E-state index in [1.165, 1.54) is 0 Å². The number of fused-ring (bicyclic) bond motifs is 1. The highest BCUT2D eigenvalue weighted by Crippen LogP contribution is 2.24. The molecule has 0 saturated carbocycles. The zero-order chi connectivity index (χ0) is 13.4. The summed E-state index contributed by atoms with van der Waals surface area (Å²) in [6, 6.07) is 3.54. The van der Waals surface area contributed by atoms with Crippen molar-refractivity contribution in [1.82, 2.24) is 20.2 Å². The number of aromatic nitrogens is 4. The van der Waals surface area contributed by atoms with Gasteiger partial charge >= 0.3 is 0 Å². The van der Waals surface area contributed by atoms with Crippen molar-refractivity contribution >= 4 is 16.9 Å². The summed E-state index contributed by atoms with van der Waals surface area (Å²) in [5, 5.41) is 7.60. The van der Waals surface area contributed by atoms with Crippen molar-refractivity contribution in [3.63, 3.8) is 0 Å². The molecule has 3 rings (SSSR count). The molecule has 0 spiro atoms. The molecule has 1 amide bonds. The van der Waals surface area contributed by atoms with E-state index in [1.807, 2.05) is 13.0 Å². The van der Waals surface area contributed by atoms with Crippen LogP contribution in [0.4, 0.5) is 0 Å². The second kappa shape index (κ2) is 4.16. The predicted octanol–water partition coefficient (Wildman–Crippen LogP) is 1.43. The second-order valence-corrected chi connectivity index (χ2v) is 4.23. The Morgan fingerprint density at radius 2 is 2.16 bits per heavy atom. The number of aromatic amines is 1. The van der Waals surface area contributed by atoms with Gasteiger partial charge in [-0.2, -0.15) is 5.10 Å². The maximum absolute atomic E-state index is 11.3. The minimum absolute atomic E-state index is 0.460. The fraction of sp³-hybridized carbons (Fsp3) is 0.0769. The van der Waals surface area contributed by atoms with Gasteiger partial charge in [0.2, 0.25) is 5.91 Å². The Kier molecular flexibility index (Phi) is 2.49. The van der Waals surface area contributed by atoms with Crippen LogP contribution in [0.3, 0.4) is 0 Å². The molecule has 3 N–H and O–H groups in total. The number of rotatable bonds is 2. The number of hydrogen-bond acceptors (Lipinski definition) is 4. The van der Waals surface area contributed by atoms with Gasteiger partial charge in [0.05, 0.1) is 11.9 Å². The molecule has 6 heteroatoms. The maximum atomic E-state index is 11.3. The van der Waals surface area contributed by atoms with Crippen molar-refractivity contribution in [3.05, 3.63) is 41.9 Å². The smallest absolute Gasteiger partial charge is 0.249 e. The molecule has 6 nitrogen and oxygen atoms in total. The Bertz CT molecular complexity index is 778. The fourth-order valence-corrected chi connectivity index (χ4v) is 2.06. The predicted molar refractivity (Wildman–Crippen MR) is 70.4 cm³/mol. The normalized spacial score (nSPS) is 10.8. The molecule has 0 aliphatic carbocycles. The van der Waals surface area contributed by atoms with Crippen LogP contribution < -0.4 is 5.73 Å². The SMILES string of the molecule is Cc1c(C(N)=O)ccnc1-c1cnc2[nH]ncc2c1. The number of primary amides is 1. The molecule has 3 heterocycles. The van der Waals surface area contributed by atoms with Gasteiger partial charge in [0, 0.05) is 28.9 Å². The number of nitrogens with zero attached hydrogens (tertiary/aromatic N) is 3. The summed E-state index contributed by atoms with van der Waals surface area (Å²) in [6.45, 7) is 1.82. The zero-order valence-electron chi connectivity index (χ0n) is 10.2. The number of pyridine rings is 2. The first kappa shape index (κ1) is 11.3. The van der Waals surface area contributed by atoms with E-state index in [0.717, 1.165) is 16.5 Å². The van der Waals surface area contributed by atoms with Crippen LogP contribution in [0, 0.1) is 6.92 Å². The summed E-state index contributed by atoms with van der Waals surface area (Å²) in [6.07, 6.45) is 4.96. The van der Waals surface area contributed by atoms with Gasteiger partial charge in [-0.3, -0.25) is 14.9 Å². The summed E-state index contributed by atoms with van der Waals surface area (Å²) in [4.78, 5) is 19.9. The Hall–Kier alpha value is -2.76. The largest absolute Gasteiger partial charge is 0.366 e. The number of carbonyl (C=O) groups excluding carboxylic acids is 1. The summed E-state index contributed by atoms with van der Waals surface area (Å²) in [7, 11) is 0. The van der Waals surface area contributed by atoms with Crippen molar-refractivity contribution < 1.29 is 4.79 Å². The van der Waals surface area contributed by atoms with Gasteiger partial charge in [0.15, 0.2) is 5.65 Å². The average molecular weight is 253 g/mol. The third kappa shape index (κ3) is 1.83. The van der Waals surface area contributed by atoms with Gasteiger partial charge in [-0.25, -0.2) is 4.98 Å². The zero-order valence-corrected chi connectivity index (χ0v) is 10.2. The van der Waals surface area contributed by atoms with Gasteiger partial charge in [0.25, 0.3) is 0 Å². The first-order valence-electron chi connectivity index (χ1n) is 5.71. The number of amides is 1. The summed E-state index contributed by atoms with van der Waals surface area (Å²) < 4.78 is 0. The van der Waals surface area contributed by atoms with Gasteiger partial charge in [-0.1, -0.05) is 0 Å². The summed E-state index contributed by atoms with van der Waals surface area (Å²) in [5.41, 5.74) is 8.80. The van der Waals surface area contributed by atoms with Crippen LogP contribution in [-0.4, -0.2) is 26.1 Å². The number of H-pyrrole nitrogens is 1. The maximum Gasteiger partial charge on any atom is 0.249 e. The molecule has 19 heavy (non-hydrogen) atoms. The highest BCUT2D eigenvalue weighted by atomic mass is 16.1. The van der Waals surface area contributed by atoms with Gasteiger partial charge < -0.3 is 5.73 Å². The minimum atomic E-state index is -0.460. The van der Waals surface area contributed by atoms with Crippen molar-refractivity contribution in [3.8, 4) is 11.3 Å². The lowest BCUT2D eigenvalue weighted by molar-refractivity contribution is 0.0999. The summed E-state index contributed by atoms with van der Waals surface area (Å²) >= 11 is 0. The van der Waals surface area contributed by atoms with Crippen LogP contribution in [-0.2, 0) is 0 Å². The molecular weight excluding hydrogens is 242 g/mol. The van der Waals surface area contributed by atoms with Crippen molar-refractivity contribution in [2.24, 2.45) is 5.73 Å². The summed E-state index contributed by atoms with van der Waals surface area (Å²) in [5.74, 6) is -0.460. The quantitative estimate of drug-likeness (QED) is 0.721. The molecule has 0 bridgehead atoms. The Balaban J connectivity index is 2.20. The number of carbonyl (C=O) groups is 1. The third-order valence-electron chi connectivity index (χ3n) is 3.03. The van der Waals surface area contributed by atoms with Crippen LogP contribution in [0.5, 0.6) is 0 Å². The van der Waals surface area contributed by atoms with Crippen molar-refractivity contribution in [2.75, 3.05) is 0 Å². The third-order valence-corrected chi connectivity index (χ3v) is 3.03.